The maximum Gasteiger partial charge on any atom is 0.170 e. The molecule has 0 spiro atoms. The summed E-state index contributed by atoms with van der Waals surface area (Å²) in [4.78, 5) is 0. The molecule has 0 aliphatic rings. The van der Waals surface area contributed by atoms with Crippen LogP contribution in [0.3, 0.4) is 0 Å². The van der Waals surface area contributed by atoms with Crippen LogP contribution in [0.2, 0.25) is 0 Å². The Morgan fingerprint density at radius 1 is 0.850 bits per heavy atom. The minimum atomic E-state index is 0.611. The first-order chi connectivity index (χ1) is 9.90. The van der Waals surface area contributed by atoms with Crippen molar-refractivity contribution in [3.05, 3.63) is 66.9 Å². The van der Waals surface area contributed by atoms with Gasteiger partial charge in [-0.2, -0.15) is 5.10 Å². The molecule has 2 aromatic carbocycles. The van der Waals surface area contributed by atoms with E-state index in [4.69, 9.17) is 4.74 Å². The standard InChI is InChI=1S/C15H12N4O/c1-2-6-13(7-3-1)20-14-8-4-5-12(11-14)17-19-15-9-10-16-18-15/h1-11H,(H,16,18). The monoisotopic (exact) mass is 264 g/mol. The van der Waals surface area contributed by atoms with E-state index in [0.29, 0.717) is 11.5 Å². The van der Waals surface area contributed by atoms with E-state index in [0.717, 1.165) is 11.5 Å². The molecule has 1 N–H and O–H groups in total. The number of benzene rings is 2. The Balaban J connectivity index is 1.76. The fourth-order valence-electron chi connectivity index (χ4n) is 1.65. The van der Waals surface area contributed by atoms with Crippen LogP contribution in [0.15, 0.2) is 77.1 Å². The van der Waals surface area contributed by atoms with Gasteiger partial charge >= 0.3 is 0 Å². The Morgan fingerprint density at radius 3 is 2.50 bits per heavy atom. The molecule has 3 aromatic rings. The van der Waals surface area contributed by atoms with Crippen LogP contribution in [-0.2, 0) is 0 Å². The first-order valence-corrected chi connectivity index (χ1v) is 6.14. The molecule has 0 radical (unpaired) electrons. The smallest absolute Gasteiger partial charge is 0.170 e. The third kappa shape index (κ3) is 3.08. The molecule has 0 unspecified atom stereocenters. The lowest BCUT2D eigenvalue weighted by atomic mass is 10.3. The third-order valence-electron chi connectivity index (χ3n) is 2.56. The normalized spacial score (nSPS) is 10.8. The number of ether oxygens (including phenoxy) is 1. The van der Waals surface area contributed by atoms with Crippen LogP contribution in [0, 0.1) is 0 Å². The van der Waals surface area contributed by atoms with Crippen molar-refractivity contribution in [3.63, 3.8) is 0 Å². The molecule has 20 heavy (non-hydrogen) atoms. The van der Waals surface area contributed by atoms with Gasteiger partial charge in [0.25, 0.3) is 0 Å². The van der Waals surface area contributed by atoms with Gasteiger partial charge in [0, 0.05) is 12.1 Å². The lowest BCUT2D eigenvalue weighted by molar-refractivity contribution is 0.483. The highest BCUT2D eigenvalue weighted by atomic mass is 16.5. The second kappa shape index (κ2) is 5.79. The van der Waals surface area contributed by atoms with Crippen LogP contribution in [0.5, 0.6) is 11.5 Å². The molecule has 0 bridgehead atoms. The summed E-state index contributed by atoms with van der Waals surface area (Å²) in [6.07, 6.45) is 1.63. The molecule has 5 nitrogen and oxygen atoms in total. The van der Waals surface area contributed by atoms with Crippen LogP contribution in [0.4, 0.5) is 11.5 Å². The molecule has 0 aliphatic heterocycles. The van der Waals surface area contributed by atoms with E-state index in [1.807, 2.05) is 54.6 Å². The molecule has 1 heterocycles. The maximum atomic E-state index is 5.73. The van der Waals surface area contributed by atoms with Gasteiger partial charge in [-0.05, 0) is 24.3 Å². The molecular weight excluding hydrogens is 252 g/mol. The van der Waals surface area contributed by atoms with Gasteiger partial charge in [-0.1, -0.05) is 24.3 Å². The van der Waals surface area contributed by atoms with E-state index >= 15 is 0 Å². The second-order valence-corrected chi connectivity index (χ2v) is 4.05. The molecule has 1 aromatic heterocycles. The number of H-pyrrole nitrogens is 1. The number of aromatic nitrogens is 2. The Labute approximate surface area is 116 Å². The minimum Gasteiger partial charge on any atom is -0.457 e. The molecule has 5 heteroatoms. The number of para-hydroxylation sites is 1. The van der Waals surface area contributed by atoms with Gasteiger partial charge in [0.2, 0.25) is 0 Å². The molecule has 0 atom stereocenters. The summed E-state index contributed by atoms with van der Waals surface area (Å²) >= 11 is 0. The van der Waals surface area contributed by atoms with Crippen LogP contribution in [0.1, 0.15) is 0 Å². The van der Waals surface area contributed by atoms with Crippen LogP contribution in [-0.4, -0.2) is 10.2 Å². The molecule has 3 rings (SSSR count). The van der Waals surface area contributed by atoms with Gasteiger partial charge in [-0.3, -0.25) is 5.10 Å². The molecule has 0 aliphatic carbocycles. The SMILES string of the molecule is c1ccc(Oc2cccc(N=Nc3ccn[nH]3)c2)cc1. The summed E-state index contributed by atoms with van der Waals surface area (Å²) in [6.45, 7) is 0. The molecule has 0 amide bonds. The highest BCUT2D eigenvalue weighted by molar-refractivity contribution is 5.44. The average Bonchev–Trinajstić information content (AvgIpc) is 3.00. The lowest BCUT2D eigenvalue weighted by Crippen LogP contribution is -1.82. The largest absolute Gasteiger partial charge is 0.457 e. The van der Waals surface area contributed by atoms with Gasteiger partial charge in [-0.25, -0.2) is 0 Å². The zero-order valence-corrected chi connectivity index (χ0v) is 10.6. The third-order valence-corrected chi connectivity index (χ3v) is 2.56. The van der Waals surface area contributed by atoms with E-state index in [1.54, 1.807) is 12.3 Å². The lowest BCUT2D eigenvalue weighted by Gasteiger charge is -2.05. The Hall–Kier alpha value is -2.95. The summed E-state index contributed by atoms with van der Waals surface area (Å²) < 4.78 is 5.73. The summed E-state index contributed by atoms with van der Waals surface area (Å²) in [7, 11) is 0. The van der Waals surface area contributed by atoms with Gasteiger partial charge in [0.05, 0.1) is 11.9 Å². The minimum absolute atomic E-state index is 0.611. The van der Waals surface area contributed by atoms with Crippen molar-refractivity contribution in [2.45, 2.75) is 0 Å². The number of rotatable bonds is 4. The topological polar surface area (TPSA) is 62.6 Å². The van der Waals surface area contributed by atoms with Gasteiger partial charge in [-0.15, -0.1) is 10.2 Å². The first-order valence-electron chi connectivity index (χ1n) is 6.14. The van der Waals surface area contributed by atoms with Crippen molar-refractivity contribution in [3.8, 4) is 11.5 Å². The molecule has 0 saturated heterocycles. The summed E-state index contributed by atoms with van der Waals surface area (Å²) in [5.74, 6) is 2.12. The first kappa shape index (κ1) is 12.1. The number of azo groups is 1. The maximum absolute atomic E-state index is 5.73. The number of nitrogens with one attached hydrogen (secondary N) is 1. The van der Waals surface area contributed by atoms with Crippen molar-refractivity contribution in [1.29, 1.82) is 0 Å². The van der Waals surface area contributed by atoms with E-state index in [2.05, 4.69) is 20.4 Å². The van der Waals surface area contributed by atoms with Crippen LogP contribution < -0.4 is 4.74 Å². The molecule has 98 valence electrons. The number of hydrogen-bond donors (Lipinski definition) is 1. The molecule has 0 fully saturated rings. The predicted octanol–water partition coefficient (Wildman–Crippen LogP) is 4.62. The van der Waals surface area contributed by atoms with Gasteiger partial charge in [0.15, 0.2) is 5.82 Å². The fraction of sp³-hybridized carbons (Fsp3) is 0. The van der Waals surface area contributed by atoms with Gasteiger partial charge in [0.1, 0.15) is 11.5 Å². The number of aromatic amines is 1. The number of hydrogen-bond acceptors (Lipinski definition) is 4. The zero-order valence-electron chi connectivity index (χ0n) is 10.6. The quantitative estimate of drug-likeness (QED) is 0.699. The summed E-state index contributed by atoms with van der Waals surface area (Å²) in [5, 5.41) is 14.7. The van der Waals surface area contributed by atoms with Crippen molar-refractivity contribution in [2.24, 2.45) is 10.2 Å². The highest BCUT2D eigenvalue weighted by Crippen LogP contribution is 2.26. The zero-order chi connectivity index (χ0) is 13.6. The molecular formula is C15H12N4O. The average molecular weight is 264 g/mol. The summed E-state index contributed by atoms with van der Waals surface area (Å²) in [6, 6.07) is 18.8. The van der Waals surface area contributed by atoms with E-state index in [-0.39, 0.29) is 0 Å². The van der Waals surface area contributed by atoms with E-state index in [1.165, 1.54) is 0 Å². The second-order valence-electron chi connectivity index (χ2n) is 4.05. The van der Waals surface area contributed by atoms with Crippen LogP contribution >= 0.6 is 0 Å². The Kier molecular flexibility index (Phi) is 3.51. The van der Waals surface area contributed by atoms with E-state index in [9.17, 15) is 0 Å². The predicted molar refractivity (Wildman–Crippen MR) is 75.7 cm³/mol. The van der Waals surface area contributed by atoms with Crippen molar-refractivity contribution in [2.75, 3.05) is 0 Å². The fourth-order valence-corrected chi connectivity index (χ4v) is 1.65. The number of nitrogens with zero attached hydrogens (tertiary/aromatic N) is 3. The highest BCUT2D eigenvalue weighted by Gasteiger charge is 1.98. The van der Waals surface area contributed by atoms with Crippen molar-refractivity contribution < 1.29 is 4.74 Å². The van der Waals surface area contributed by atoms with Crippen molar-refractivity contribution in [1.82, 2.24) is 10.2 Å². The Bertz CT molecular complexity index is 693. The van der Waals surface area contributed by atoms with E-state index < -0.39 is 0 Å². The Morgan fingerprint density at radius 2 is 1.70 bits per heavy atom. The van der Waals surface area contributed by atoms with Crippen molar-refractivity contribution >= 4 is 11.5 Å². The summed E-state index contributed by atoms with van der Waals surface area (Å²) in [5.41, 5.74) is 0.716. The molecule has 0 saturated carbocycles. The van der Waals surface area contributed by atoms with Crippen LogP contribution in [0.25, 0.3) is 0 Å². The van der Waals surface area contributed by atoms with Gasteiger partial charge < -0.3 is 4.74 Å².